The van der Waals surface area contributed by atoms with Crippen LogP contribution in [0.15, 0.2) is 45.6 Å². The molecule has 6 heterocycles. The normalized spacial score (nSPS) is 21.3. The first-order valence-corrected chi connectivity index (χ1v) is 17.2. The molecule has 0 atom stereocenters. The first kappa shape index (κ1) is 30.1. The van der Waals surface area contributed by atoms with Crippen LogP contribution >= 0.6 is 34.0 Å². The number of fused-ring (bicyclic) bond motifs is 6. The topological polar surface area (TPSA) is 132 Å². The van der Waals surface area contributed by atoms with Crippen molar-refractivity contribution in [2.45, 2.75) is 51.6 Å². The van der Waals surface area contributed by atoms with Crippen molar-refractivity contribution in [1.29, 1.82) is 10.5 Å². The van der Waals surface area contributed by atoms with Gasteiger partial charge in [0, 0.05) is 40.6 Å². The molecule has 4 aliphatic rings. The standard InChI is InChI=1S/C34H26N4O5S3/c1-16-20(30(39)37(3)32(41)22(16)14-35)10-18-12-24-27(44-18)29-26(43-34(24)8-6-5-7-9-34)28-25(46-29)13-19(45-28)11-21-17(2)23(15-36)33(42)38(4)31(21)40/h10-13H,5-9H2,1-4H3/b20-10+,21-11+. The summed E-state index contributed by atoms with van der Waals surface area (Å²) < 4.78 is 8.99. The lowest BCUT2D eigenvalue weighted by atomic mass is 9.78. The highest BCUT2D eigenvalue weighted by molar-refractivity contribution is 7.32. The number of likely N-dealkylation sites (N-methyl/N-ethyl adjacent to an activating group) is 2. The Balaban J connectivity index is 1.35. The zero-order chi connectivity index (χ0) is 32.7. The van der Waals surface area contributed by atoms with E-state index in [1.54, 1.807) is 48.7 Å². The molecule has 0 saturated heterocycles. The van der Waals surface area contributed by atoms with Crippen LogP contribution < -0.4 is 4.74 Å². The van der Waals surface area contributed by atoms with E-state index >= 15 is 0 Å². The Kier molecular flexibility index (Phi) is 7.01. The van der Waals surface area contributed by atoms with Gasteiger partial charge < -0.3 is 4.74 Å². The molecule has 4 amide bonds. The van der Waals surface area contributed by atoms with Gasteiger partial charge in [-0.3, -0.25) is 29.0 Å². The number of carbonyl (C=O) groups excluding carboxylic acids is 4. The van der Waals surface area contributed by atoms with Crippen molar-refractivity contribution in [1.82, 2.24) is 9.80 Å². The molecule has 3 aliphatic heterocycles. The molecule has 1 fully saturated rings. The lowest BCUT2D eigenvalue weighted by molar-refractivity contribution is -0.140. The fourth-order valence-electron chi connectivity index (χ4n) is 6.61. The number of imide groups is 2. The molecule has 1 saturated carbocycles. The molecule has 3 aromatic rings. The summed E-state index contributed by atoms with van der Waals surface area (Å²) in [6.45, 7) is 3.27. The van der Waals surface area contributed by atoms with Crippen LogP contribution in [0.3, 0.4) is 0 Å². The van der Waals surface area contributed by atoms with Crippen molar-refractivity contribution >= 4 is 79.2 Å². The van der Waals surface area contributed by atoms with E-state index in [0.717, 1.165) is 82.1 Å². The number of nitrogens with zero attached hydrogens (tertiary/aromatic N) is 4. The highest BCUT2D eigenvalue weighted by atomic mass is 32.1. The SMILES string of the molecule is CC1=C(C#N)C(=O)N(C)C(=O)/C1=C/c1cc2c(s1)-c1sc3cc(/C=C4/C(=O)N(C)C(=O)C(C#N)=C4C)sc3c1OC21CCCCC1. The lowest BCUT2D eigenvalue weighted by Gasteiger charge is -2.40. The van der Waals surface area contributed by atoms with Crippen molar-refractivity contribution in [2.24, 2.45) is 0 Å². The van der Waals surface area contributed by atoms with Gasteiger partial charge in [-0.1, -0.05) is 6.42 Å². The summed E-state index contributed by atoms with van der Waals surface area (Å²) in [5.41, 5.74) is 1.92. The lowest BCUT2D eigenvalue weighted by Crippen LogP contribution is -2.39. The number of hydrogen-bond acceptors (Lipinski definition) is 10. The number of nitriles is 2. The molecular formula is C34H26N4O5S3. The molecular weight excluding hydrogens is 641 g/mol. The molecule has 46 heavy (non-hydrogen) atoms. The van der Waals surface area contributed by atoms with Gasteiger partial charge in [-0.25, -0.2) is 0 Å². The maximum atomic E-state index is 13.1. The van der Waals surface area contributed by atoms with Crippen LogP contribution in [0.4, 0.5) is 0 Å². The van der Waals surface area contributed by atoms with E-state index in [-0.39, 0.29) is 11.1 Å². The molecule has 1 aliphatic carbocycles. The Hall–Kier alpha value is -4.62. The third-order valence-corrected chi connectivity index (χ3v) is 12.8. The molecule has 9 nitrogen and oxygen atoms in total. The minimum Gasteiger partial charge on any atom is -0.479 e. The van der Waals surface area contributed by atoms with Gasteiger partial charge in [0.25, 0.3) is 23.6 Å². The summed E-state index contributed by atoms with van der Waals surface area (Å²) in [6.07, 6.45) is 8.42. The molecule has 7 rings (SSSR count). The van der Waals surface area contributed by atoms with Crippen LogP contribution in [0.1, 0.15) is 61.3 Å². The summed E-state index contributed by atoms with van der Waals surface area (Å²) in [6, 6.07) is 8.01. The Labute approximate surface area is 276 Å². The van der Waals surface area contributed by atoms with E-state index in [9.17, 15) is 29.7 Å². The summed E-state index contributed by atoms with van der Waals surface area (Å²) in [5, 5.41) is 19.1. The van der Waals surface area contributed by atoms with Crippen LogP contribution in [0.5, 0.6) is 5.75 Å². The number of ether oxygens (including phenoxy) is 1. The second-order valence-electron chi connectivity index (χ2n) is 11.8. The van der Waals surface area contributed by atoms with Gasteiger partial charge in [-0.2, -0.15) is 10.5 Å². The highest BCUT2D eigenvalue weighted by Gasteiger charge is 2.45. The number of rotatable bonds is 2. The van der Waals surface area contributed by atoms with Crippen molar-refractivity contribution in [3.63, 3.8) is 0 Å². The predicted octanol–water partition coefficient (Wildman–Crippen LogP) is 6.69. The van der Waals surface area contributed by atoms with Crippen molar-refractivity contribution in [3.8, 4) is 27.6 Å². The highest BCUT2D eigenvalue weighted by Crippen LogP contribution is 2.60. The Morgan fingerprint density at radius 2 is 1.30 bits per heavy atom. The number of hydrogen-bond donors (Lipinski definition) is 0. The summed E-state index contributed by atoms with van der Waals surface area (Å²) in [4.78, 5) is 56.8. The van der Waals surface area contributed by atoms with Crippen molar-refractivity contribution < 1.29 is 23.9 Å². The zero-order valence-corrected chi connectivity index (χ0v) is 27.8. The van der Waals surface area contributed by atoms with Crippen LogP contribution in [0.2, 0.25) is 0 Å². The average Bonchev–Trinajstić information content (AvgIpc) is 3.74. The first-order valence-electron chi connectivity index (χ1n) is 14.7. The minimum absolute atomic E-state index is 0.0315. The summed E-state index contributed by atoms with van der Waals surface area (Å²) in [7, 11) is 2.78. The van der Waals surface area contributed by atoms with Gasteiger partial charge in [0.15, 0.2) is 5.75 Å². The Morgan fingerprint density at radius 1 is 0.761 bits per heavy atom. The van der Waals surface area contributed by atoms with E-state index < -0.39 is 29.2 Å². The third-order valence-electron chi connectivity index (χ3n) is 9.21. The van der Waals surface area contributed by atoms with Gasteiger partial charge in [-0.05, 0) is 75.0 Å². The summed E-state index contributed by atoms with van der Waals surface area (Å²) >= 11 is 4.69. The van der Waals surface area contributed by atoms with Crippen LogP contribution in [0.25, 0.3) is 31.3 Å². The zero-order valence-electron chi connectivity index (χ0n) is 25.4. The van der Waals surface area contributed by atoms with Crippen LogP contribution in [-0.2, 0) is 24.8 Å². The molecule has 3 aromatic heterocycles. The quantitative estimate of drug-likeness (QED) is 0.220. The van der Waals surface area contributed by atoms with Crippen molar-refractivity contribution in [2.75, 3.05) is 14.1 Å². The van der Waals surface area contributed by atoms with Gasteiger partial charge in [0.05, 0.1) is 19.2 Å². The number of carbonyl (C=O) groups is 4. The Bertz CT molecular complexity index is 2170. The molecule has 12 heteroatoms. The smallest absolute Gasteiger partial charge is 0.271 e. The second-order valence-corrected chi connectivity index (χ2v) is 15.0. The van der Waals surface area contributed by atoms with E-state index in [2.05, 4.69) is 6.07 Å². The van der Waals surface area contributed by atoms with E-state index in [0.29, 0.717) is 22.3 Å². The molecule has 0 radical (unpaired) electrons. The molecule has 0 unspecified atom stereocenters. The molecule has 0 bridgehead atoms. The van der Waals surface area contributed by atoms with Gasteiger partial charge in [0.1, 0.15) is 28.9 Å². The van der Waals surface area contributed by atoms with Crippen molar-refractivity contribution in [3.05, 3.63) is 60.9 Å². The van der Waals surface area contributed by atoms with Crippen LogP contribution in [0, 0.1) is 22.7 Å². The number of amides is 4. The molecule has 0 aromatic carbocycles. The first-order chi connectivity index (χ1) is 22.0. The average molecular weight is 667 g/mol. The largest absolute Gasteiger partial charge is 0.479 e. The minimum atomic E-state index is -0.596. The van der Waals surface area contributed by atoms with E-state index in [1.165, 1.54) is 25.4 Å². The molecule has 0 N–H and O–H groups in total. The molecule has 230 valence electrons. The predicted molar refractivity (Wildman–Crippen MR) is 177 cm³/mol. The fourth-order valence-corrected chi connectivity index (χ4v) is 10.4. The van der Waals surface area contributed by atoms with Gasteiger partial charge in [0.2, 0.25) is 0 Å². The molecule has 1 spiro atoms. The van der Waals surface area contributed by atoms with Gasteiger partial charge in [-0.15, -0.1) is 34.0 Å². The van der Waals surface area contributed by atoms with E-state index in [4.69, 9.17) is 4.74 Å². The van der Waals surface area contributed by atoms with Crippen LogP contribution in [-0.4, -0.2) is 47.5 Å². The Morgan fingerprint density at radius 3 is 1.85 bits per heavy atom. The van der Waals surface area contributed by atoms with E-state index in [1.807, 2.05) is 18.2 Å². The van der Waals surface area contributed by atoms with Gasteiger partial charge >= 0.3 is 0 Å². The third kappa shape index (κ3) is 4.28. The number of thiophene rings is 3. The second kappa shape index (κ2) is 10.7. The maximum absolute atomic E-state index is 13.1. The summed E-state index contributed by atoms with van der Waals surface area (Å²) in [5.74, 6) is -1.25. The monoisotopic (exact) mass is 666 g/mol. The maximum Gasteiger partial charge on any atom is 0.271 e. The fraction of sp³-hybridized carbons (Fsp3) is 0.294.